The molecule has 0 saturated heterocycles. The van der Waals surface area contributed by atoms with Gasteiger partial charge in [-0.25, -0.2) is 0 Å². The van der Waals surface area contributed by atoms with Gasteiger partial charge in [0.2, 0.25) is 0 Å². The van der Waals surface area contributed by atoms with Crippen LogP contribution in [0.15, 0.2) is 59.6 Å². The van der Waals surface area contributed by atoms with Crippen molar-refractivity contribution in [2.24, 2.45) is 4.99 Å². The molecule has 22 heavy (non-hydrogen) atoms. The average molecular weight is 355 g/mol. The number of benzene rings is 2. The van der Waals surface area contributed by atoms with Crippen molar-refractivity contribution in [2.75, 3.05) is 7.11 Å². The maximum atomic E-state index is 9.01. The molecule has 4 heteroatoms. The molecule has 0 spiro atoms. The summed E-state index contributed by atoms with van der Waals surface area (Å²) in [5.74, 6) is 0.806. The van der Waals surface area contributed by atoms with Gasteiger partial charge in [-0.15, -0.1) is 0 Å². The monoisotopic (exact) mass is 356 g/mol. The number of aryl methyl sites for hydroxylation is 1. The van der Waals surface area contributed by atoms with E-state index in [4.69, 9.17) is 10.00 Å². The number of aliphatic imine (C=N–C) groups is 1. The van der Waals surface area contributed by atoms with Crippen LogP contribution in [0.1, 0.15) is 11.1 Å². The van der Waals surface area contributed by atoms with Gasteiger partial charge in [0.15, 0.2) is 0 Å². The van der Waals surface area contributed by atoms with Gasteiger partial charge in [-0.05, 0) is 0 Å². The van der Waals surface area contributed by atoms with Gasteiger partial charge in [-0.1, -0.05) is 0 Å². The number of nitriles is 1. The molecule has 0 aliphatic carbocycles. The third kappa shape index (κ3) is 4.59. The fraction of sp³-hybridized carbons (Fsp3) is 0.111. The van der Waals surface area contributed by atoms with Gasteiger partial charge in [0.05, 0.1) is 0 Å². The van der Waals surface area contributed by atoms with Gasteiger partial charge in [0.1, 0.15) is 0 Å². The van der Waals surface area contributed by atoms with Crippen LogP contribution < -0.4 is 4.74 Å². The van der Waals surface area contributed by atoms with Crippen LogP contribution in [0.4, 0.5) is 5.69 Å². The maximum absolute atomic E-state index is 9.01. The second-order valence-corrected chi connectivity index (χ2v) is 6.30. The Labute approximate surface area is 137 Å². The second-order valence-electron chi connectivity index (χ2n) is 4.57. The van der Waals surface area contributed by atoms with E-state index in [1.54, 1.807) is 13.3 Å². The zero-order chi connectivity index (χ0) is 15.8. The molecule has 0 unspecified atom stereocenters. The molecule has 2 aromatic carbocycles. The summed E-state index contributed by atoms with van der Waals surface area (Å²) in [7, 11) is 1.64. The van der Waals surface area contributed by atoms with Gasteiger partial charge >= 0.3 is 137 Å². The van der Waals surface area contributed by atoms with Crippen LogP contribution in [0.2, 0.25) is 0 Å². The van der Waals surface area contributed by atoms with E-state index in [0.717, 1.165) is 21.5 Å². The first kappa shape index (κ1) is 16.0. The molecule has 110 valence electrons. The predicted molar refractivity (Wildman–Crippen MR) is 91.7 cm³/mol. The molecule has 0 saturated carbocycles. The third-order valence-electron chi connectivity index (χ3n) is 3.01. The average Bonchev–Trinajstić information content (AvgIpc) is 2.56. The molecule has 0 heterocycles. The van der Waals surface area contributed by atoms with E-state index in [-0.39, 0.29) is 15.0 Å². The fourth-order valence-electron chi connectivity index (χ4n) is 1.82. The number of rotatable bonds is 5. The van der Waals surface area contributed by atoms with Crippen LogP contribution in [0.25, 0.3) is 4.47 Å². The Morgan fingerprint density at radius 2 is 1.82 bits per heavy atom. The quantitative estimate of drug-likeness (QED) is 0.603. The van der Waals surface area contributed by atoms with Crippen LogP contribution in [-0.4, -0.2) is 28.3 Å². The predicted octanol–water partition coefficient (Wildman–Crippen LogP) is 3.93. The van der Waals surface area contributed by atoms with Gasteiger partial charge in [-0.2, -0.15) is 0 Å². The van der Waals surface area contributed by atoms with Crippen molar-refractivity contribution >= 4 is 31.3 Å². The molecule has 2 rings (SSSR count). The minimum atomic E-state index is -0.242. The molecule has 0 amide bonds. The molecule has 0 fully saturated rings. The summed E-state index contributed by atoms with van der Waals surface area (Å²) in [6.07, 6.45) is 3.66. The standard InChI is InChI=1S/C18H16N2OSe/c1-14-3-7-16(8-4-14)20-12-11-18(22-13-19)15-5-9-17(21-2)10-6-15/h3-12H,1-2H3/b18-11-,20-12?. The van der Waals surface area contributed by atoms with E-state index < -0.39 is 0 Å². The Bertz CT molecular complexity index is 710. The van der Waals surface area contributed by atoms with Crippen molar-refractivity contribution in [3.05, 3.63) is 65.7 Å². The first-order valence-electron chi connectivity index (χ1n) is 6.74. The Kier molecular flexibility index (Phi) is 5.97. The first-order valence-corrected chi connectivity index (χ1v) is 8.45. The summed E-state index contributed by atoms with van der Waals surface area (Å²) in [5, 5.41) is 9.01. The first-order chi connectivity index (χ1) is 10.7. The number of hydrogen-bond donors (Lipinski definition) is 0. The summed E-state index contributed by atoms with van der Waals surface area (Å²) in [5.41, 5.74) is 3.14. The Balaban J connectivity index is 2.19. The minimum absolute atomic E-state index is 0.242. The molecule has 3 nitrogen and oxygen atoms in total. The van der Waals surface area contributed by atoms with Crippen molar-refractivity contribution in [3.8, 4) is 10.7 Å². The van der Waals surface area contributed by atoms with E-state index in [9.17, 15) is 0 Å². The van der Waals surface area contributed by atoms with E-state index in [0.29, 0.717) is 0 Å². The van der Waals surface area contributed by atoms with Crippen LogP contribution in [0, 0.1) is 17.2 Å². The summed E-state index contributed by atoms with van der Waals surface area (Å²) >= 11 is -0.242. The Morgan fingerprint density at radius 3 is 2.41 bits per heavy atom. The van der Waals surface area contributed by atoms with Gasteiger partial charge in [0, 0.05) is 0 Å². The number of allylic oxidation sites excluding steroid dienone is 1. The molecule has 0 aliphatic rings. The second kappa shape index (κ2) is 8.19. The number of nitrogens with zero attached hydrogens (tertiary/aromatic N) is 2. The van der Waals surface area contributed by atoms with E-state index in [1.165, 1.54) is 5.56 Å². The molecule has 2 aromatic rings. The van der Waals surface area contributed by atoms with Crippen molar-refractivity contribution in [3.63, 3.8) is 0 Å². The molecule has 0 atom stereocenters. The van der Waals surface area contributed by atoms with Crippen molar-refractivity contribution in [1.29, 1.82) is 5.26 Å². The van der Waals surface area contributed by atoms with E-state index in [2.05, 4.69) is 9.96 Å². The molecular weight excluding hydrogens is 339 g/mol. The fourth-order valence-corrected chi connectivity index (χ4v) is 2.83. The van der Waals surface area contributed by atoms with E-state index >= 15 is 0 Å². The molecule has 0 radical (unpaired) electrons. The Hall–Kier alpha value is -2.34. The number of methoxy groups -OCH3 is 1. The summed E-state index contributed by atoms with van der Waals surface area (Å²) < 4.78 is 6.15. The zero-order valence-corrected chi connectivity index (χ0v) is 14.2. The third-order valence-corrected chi connectivity index (χ3v) is 4.45. The summed E-state index contributed by atoms with van der Waals surface area (Å²) in [6.45, 7) is 2.05. The molecule has 0 bridgehead atoms. The van der Waals surface area contributed by atoms with Crippen LogP contribution in [0.5, 0.6) is 5.75 Å². The Morgan fingerprint density at radius 1 is 1.14 bits per heavy atom. The van der Waals surface area contributed by atoms with Crippen molar-refractivity contribution in [2.45, 2.75) is 6.92 Å². The zero-order valence-electron chi connectivity index (χ0n) is 12.5. The van der Waals surface area contributed by atoms with Crippen molar-refractivity contribution < 1.29 is 4.74 Å². The number of hydrogen-bond acceptors (Lipinski definition) is 3. The van der Waals surface area contributed by atoms with Gasteiger partial charge in [-0.3, -0.25) is 0 Å². The van der Waals surface area contributed by atoms with Crippen molar-refractivity contribution in [1.82, 2.24) is 0 Å². The van der Waals surface area contributed by atoms with Crippen LogP contribution in [0.3, 0.4) is 0 Å². The van der Waals surface area contributed by atoms with Crippen LogP contribution in [-0.2, 0) is 0 Å². The van der Waals surface area contributed by atoms with Gasteiger partial charge in [0.25, 0.3) is 0 Å². The van der Waals surface area contributed by atoms with Gasteiger partial charge < -0.3 is 0 Å². The topological polar surface area (TPSA) is 45.4 Å². The molecule has 0 N–H and O–H groups in total. The summed E-state index contributed by atoms with van der Waals surface area (Å²) in [4.78, 5) is 6.66. The summed E-state index contributed by atoms with van der Waals surface area (Å²) in [6, 6.07) is 15.7. The molecular formula is C18H16N2OSe. The number of ether oxygens (including phenoxy) is 1. The van der Waals surface area contributed by atoms with E-state index in [1.807, 2.05) is 61.5 Å². The normalized spacial score (nSPS) is 11.4. The molecule has 0 aromatic heterocycles. The van der Waals surface area contributed by atoms with Crippen LogP contribution >= 0.6 is 0 Å². The SMILES string of the molecule is COc1ccc(/C(=C/C=Nc2ccc(C)cc2)[Se]C#N)cc1. The molecule has 0 aliphatic heterocycles.